The molecule has 11 nitrogen and oxygen atoms in total. The van der Waals surface area contributed by atoms with Crippen LogP contribution in [-0.4, -0.2) is 63.4 Å². The maximum absolute atomic E-state index is 15.4. The molecule has 284 valence electrons. The molecule has 4 aliphatic rings. The van der Waals surface area contributed by atoms with Gasteiger partial charge in [-0.2, -0.15) is 18.2 Å². The molecule has 2 aromatic carbocycles. The fraction of sp³-hybridized carbons (Fsp3) is 0.395. The van der Waals surface area contributed by atoms with E-state index >= 15 is 4.79 Å². The monoisotopic (exact) mass is 786 g/mol. The van der Waals surface area contributed by atoms with Crippen LogP contribution in [0.2, 0.25) is 10.0 Å². The van der Waals surface area contributed by atoms with Gasteiger partial charge in [-0.25, -0.2) is 4.98 Å². The Morgan fingerprint density at radius 3 is 2.11 bits per heavy atom. The van der Waals surface area contributed by atoms with Gasteiger partial charge < -0.3 is 14.6 Å². The summed E-state index contributed by atoms with van der Waals surface area (Å²) < 4.78 is 52.1. The Bertz CT molecular complexity index is 2110. The number of rotatable bonds is 6. The number of anilines is 1. The molecule has 3 heterocycles. The standard InChI is InChI=1S/C38H35Cl2F3N4O7/c1-36(2,3)46-32(49)22-11-10-21-23(28(22)34(46)51)15-24-33(50)47(45-31-25(40)12-18(16-44-31)38(41,42)43)35(52)37(24,17-6-8-19(39)9-7-17)30(21)29-26(53-4)13-20(48)14-27(29)54-5/h6-10,12-14,16,22-24,28,30,48H,11,15H2,1-5H3,(H,44,45)/t22-,23+,24-,28-,30+,37+/m0/s1. The Morgan fingerprint density at radius 1 is 0.926 bits per heavy atom. The lowest BCUT2D eigenvalue weighted by Gasteiger charge is -2.51. The number of hydrazine groups is 1. The summed E-state index contributed by atoms with van der Waals surface area (Å²) in [6, 6.07) is 9.65. The summed E-state index contributed by atoms with van der Waals surface area (Å²) in [5.74, 6) is -7.43. The third-order valence-corrected chi connectivity index (χ3v) is 11.6. The van der Waals surface area contributed by atoms with E-state index in [-0.39, 0.29) is 47.4 Å². The van der Waals surface area contributed by atoms with Crippen LogP contribution in [0.15, 0.2) is 60.3 Å². The van der Waals surface area contributed by atoms with Crippen molar-refractivity contribution in [1.82, 2.24) is 14.9 Å². The molecule has 2 saturated heterocycles. The summed E-state index contributed by atoms with van der Waals surface area (Å²) in [7, 11) is 2.73. The van der Waals surface area contributed by atoms with Crippen LogP contribution < -0.4 is 14.9 Å². The number of aromatic hydroxyl groups is 1. The topological polar surface area (TPSA) is 138 Å². The molecule has 0 unspecified atom stereocenters. The van der Waals surface area contributed by atoms with E-state index in [0.29, 0.717) is 33.4 Å². The van der Waals surface area contributed by atoms with Gasteiger partial charge in [-0.1, -0.05) is 47.0 Å². The predicted molar refractivity (Wildman–Crippen MR) is 190 cm³/mol. The van der Waals surface area contributed by atoms with Crippen molar-refractivity contribution in [1.29, 1.82) is 0 Å². The Balaban J connectivity index is 1.49. The first-order chi connectivity index (χ1) is 25.4. The van der Waals surface area contributed by atoms with Crippen LogP contribution >= 0.6 is 23.2 Å². The number of likely N-dealkylation sites (tertiary alicyclic amines) is 1. The SMILES string of the molecule is COc1cc(O)cc(OC)c1[C@H]1C2=CC[C@@H]3C(=O)N(C(C)(C)C)C(=O)[C@@H]3[C@@H]2C[C@H]2C(=O)N(Nc3ncc(C(F)(F)F)cc3Cl)C(=O)[C@@]12c1ccc(Cl)cc1. The van der Waals surface area contributed by atoms with E-state index in [1.807, 2.05) is 6.08 Å². The number of benzene rings is 2. The maximum atomic E-state index is 15.4. The van der Waals surface area contributed by atoms with Crippen LogP contribution in [0.1, 0.15) is 56.2 Å². The molecule has 2 aliphatic carbocycles. The Hall–Kier alpha value is -4.82. The van der Waals surface area contributed by atoms with Crippen molar-refractivity contribution in [2.45, 2.75) is 56.7 Å². The lowest BCUT2D eigenvalue weighted by Crippen LogP contribution is -2.53. The Labute approximate surface area is 318 Å². The van der Waals surface area contributed by atoms with Gasteiger partial charge in [0.2, 0.25) is 11.8 Å². The third kappa shape index (κ3) is 5.51. The number of fused-ring (bicyclic) bond motifs is 4. The summed E-state index contributed by atoms with van der Waals surface area (Å²) in [5.41, 5.74) is -0.00599. The van der Waals surface area contributed by atoms with Crippen molar-refractivity contribution in [2.24, 2.45) is 23.7 Å². The lowest BCUT2D eigenvalue weighted by atomic mass is 9.49. The second kappa shape index (κ2) is 12.9. The van der Waals surface area contributed by atoms with Gasteiger partial charge in [-0.3, -0.25) is 29.5 Å². The number of methoxy groups -OCH3 is 2. The number of nitrogens with zero attached hydrogens (tertiary/aromatic N) is 3. The van der Waals surface area contributed by atoms with Gasteiger partial charge in [-0.15, -0.1) is 0 Å². The first kappa shape index (κ1) is 37.5. The van der Waals surface area contributed by atoms with Crippen molar-refractivity contribution in [3.8, 4) is 17.2 Å². The molecular formula is C38H35Cl2F3N4O7. The van der Waals surface area contributed by atoms with Gasteiger partial charge in [0.15, 0.2) is 5.82 Å². The number of hydrogen-bond donors (Lipinski definition) is 2. The molecule has 3 fully saturated rings. The first-order valence-electron chi connectivity index (χ1n) is 17.0. The lowest BCUT2D eigenvalue weighted by molar-refractivity contribution is -0.146. The molecule has 7 rings (SSSR count). The zero-order chi connectivity index (χ0) is 39.2. The van der Waals surface area contributed by atoms with Crippen LogP contribution in [0.5, 0.6) is 17.2 Å². The second-order valence-electron chi connectivity index (χ2n) is 14.9. The molecule has 0 bridgehead atoms. The number of halogens is 5. The molecule has 16 heteroatoms. The summed E-state index contributed by atoms with van der Waals surface area (Å²) in [6.07, 6.45) is -2.30. The van der Waals surface area contributed by atoms with E-state index in [1.165, 1.54) is 31.3 Å². The highest BCUT2D eigenvalue weighted by molar-refractivity contribution is 6.33. The van der Waals surface area contributed by atoms with Crippen molar-refractivity contribution < 1.29 is 46.9 Å². The minimum Gasteiger partial charge on any atom is -0.508 e. The van der Waals surface area contributed by atoms with Crippen LogP contribution in [0.3, 0.4) is 0 Å². The average Bonchev–Trinajstić information content (AvgIpc) is 3.49. The zero-order valence-corrected chi connectivity index (χ0v) is 31.1. The van der Waals surface area contributed by atoms with E-state index in [1.54, 1.807) is 45.0 Å². The van der Waals surface area contributed by atoms with Crippen molar-refractivity contribution in [2.75, 3.05) is 19.6 Å². The van der Waals surface area contributed by atoms with E-state index in [9.17, 15) is 32.7 Å². The summed E-state index contributed by atoms with van der Waals surface area (Å²) in [6.45, 7) is 5.29. The maximum Gasteiger partial charge on any atom is 0.417 e. The molecule has 1 aromatic heterocycles. The van der Waals surface area contributed by atoms with Crippen molar-refractivity contribution in [3.05, 3.63) is 87.0 Å². The van der Waals surface area contributed by atoms with Gasteiger partial charge >= 0.3 is 6.18 Å². The molecule has 54 heavy (non-hydrogen) atoms. The number of ether oxygens (including phenoxy) is 2. The predicted octanol–water partition coefficient (Wildman–Crippen LogP) is 6.91. The first-order valence-corrected chi connectivity index (χ1v) is 17.8. The summed E-state index contributed by atoms with van der Waals surface area (Å²) in [5, 5.41) is 11.2. The Kier molecular flexibility index (Phi) is 8.96. The fourth-order valence-corrected chi connectivity index (χ4v) is 9.30. The van der Waals surface area contributed by atoms with E-state index in [0.717, 1.165) is 0 Å². The Morgan fingerprint density at radius 2 is 1.56 bits per heavy atom. The smallest absolute Gasteiger partial charge is 0.417 e. The van der Waals surface area contributed by atoms with Gasteiger partial charge in [0, 0.05) is 40.4 Å². The zero-order valence-electron chi connectivity index (χ0n) is 29.6. The number of carbonyl (C=O) groups excluding carboxylic acids is 4. The number of allylic oxidation sites excluding steroid dienone is 2. The molecule has 0 spiro atoms. The summed E-state index contributed by atoms with van der Waals surface area (Å²) in [4.78, 5) is 63.6. The number of carbonyl (C=O) groups is 4. The second-order valence-corrected chi connectivity index (χ2v) is 15.7. The normalized spacial score (nSPS) is 26.7. The van der Waals surface area contributed by atoms with Crippen LogP contribution in [0.4, 0.5) is 19.0 Å². The van der Waals surface area contributed by atoms with E-state index in [2.05, 4.69) is 10.4 Å². The number of alkyl halides is 3. The number of phenols is 1. The van der Waals surface area contributed by atoms with Crippen LogP contribution in [-0.2, 0) is 30.8 Å². The fourth-order valence-electron chi connectivity index (χ4n) is 8.97. The number of aromatic nitrogens is 1. The van der Waals surface area contributed by atoms with Gasteiger partial charge in [0.25, 0.3) is 11.8 Å². The van der Waals surface area contributed by atoms with E-state index < -0.39 is 75.0 Å². The highest BCUT2D eigenvalue weighted by Crippen LogP contribution is 2.66. The molecule has 2 N–H and O–H groups in total. The van der Waals surface area contributed by atoms with E-state index in [4.69, 9.17) is 32.7 Å². The quantitative estimate of drug-likeness (QED) is 0.202. The molecule has 4 amide bonds. The molecule has 0 radical (unpaired) electrons. The van der Waals surface area contributed by atoms with Crippen molar-refractivity contribution >= 4 is 52.6 Å². The third-order valence-electron chi connectivity index (χ3n) is 11.0. The molecular weight excluding hydrogens is 752 g/mol. The highest BCUT2D eigenvalue weighted by Gasteiger charge is 2.71. The van der Waals surface area contributed by atoms with Crippen LogP contribution in [0, 0.1) is 23.7 Å². The van der Waals surface area contributed by atoms with Gasteiger partial charge in [0.1, 0.15) is 17.2 Å². The number of phenolic OH excluding ortho intramolecular Hbond substituents is 1. The molecule has 6 atom stereocenters. The summed E-state index contributed by atoms with van der Waals surface area (Å²) >= 11 is 12.6. The molecule has 1 saturated carbocycles. The minimum atomic E-state index is -4.76. The van der Waals surface area contributed by atoms with Gasteiger partial charge in [0.05, 0.1) is 48.0 Å². The number of nitrogens with one attached hydrogen (secondary N) is 1. The van der Waals surface area contributed by atoms with Crippen molar-refractivity contribution in [3.63, 3.8) is 0 Å². The number of hydrogen-bond acceptors (Lipinski definition) is 9. The van der Waals surface area contributed by atoms with Crippen LogP contribution in [0.25, 0.3) is 0 Å². The number of imide groups is 2. The minimum absolute atomic E-state index is 0.0667. The largest absolute Gasteiger partial charge is 0.508 e. The average molecular weight is 788 g/mol. The van der Waals surface area contributed by atoms with Gasteiger partial charge in [-0.05, 0) is 63.3 Å². The number of pyridine rings is 1. The molecule has 2 aliphatic heterocycles. The molecule has 3 aromatic rings. The number of amides is 4. The highest BCUT2D eigenvalue weighted by atomic mass is 35.5.